The zero-order chi connectivity index (χ0) is 11.8. The zero-order valence-electron chi connectivity index (χ0n) is 9.31. The van der Waals surface area contributed by atoms with E-state index in [1.54, 1.807) is 18.2 Å². The van der Waals surface area contributed by atoms with Gasteiger partial charge in [-0.1, -0.05) is 12.1 Å². The molecule has 88 valence electrons. The van der Waals surface area contributed by atoms with Crippen LogP contribution in [0, 0.1) is 5.82 Å². The molecule has 1 aromatic heterocycles. The minimum Gasteiger partial charge on any atom is -0.393 e. The van der Waals surface area contributed by atoms with Crippen LogP contribution >= 0.6 is 0 Å². The van der Waals surface area contributed by atoms with Crippen LogP contribution in [0.2, 0.25) is 0 Å². The van der Waals surface area contributed by atoms with E-state index in [-0.39, 0.29) is 11.9 Å². The number of hydrogen-bond donors (Lipinski definition) is 1. The number of hydrogen-bond acceptors (Lipinski definition) is 2. The predicted octanol–water partition coefficient (Wildman–Crippen LogP) is 2.00. The summed E-state index contributed by atoms with van der Waals surface area (Å²) in [7, 11) is 0. The smallest absolute Gasteiger partial charge is 0.132 e. The van der Waals surface area contributed by atoms with Gasteiger partial charge >= 0.3 is 0 Å². The summed E-state index contributed by atoms with van der Waals surface area (Å²) in [5, 5.41) is 9.56. The maximum Gasteiger partial charge on any atom is 0.132 e. The molecular formula is C13H13FN2O. The predicted molar refractivity (Wildman–Crippen MR) is 61.9 cm³/mol. The van der Waals surface area contributed by atoms with Gasteiger partial charge in [0.05, 0.1) is 11.8 Å². The van der Waals surface area contributed by atoms with Crippen LogP contribution in [0.1, 0.15) is 12.2 Å². The molecule has 1 aromatic carbocycles. The number of benzene rings is 1. The van der Waals surface area contributed by atoms with Crippen molar-refractivity contribution in [2.24, 2.45) is 0 Å². The molecule has 2 heterocycles. The Kier molecular flexibility index (Phi) is 2.44. The molecule has 0 radical (unpaired) electrons. The molecule has 0 saturated carbocycles. The average Bonchev–Trinajstić information content (AvgIpc) is 2.72. The maximum absolute atomic E-state index is 13.6. The van der Waals surface area contributed by atoms with E-state index in [0.717, 1.165) is 18.8 Å². The Hall–Kier alpha value is -1.68. The van der Waals surface area contributed by atoms with Crippen molar-refractivity contribution >= 4 is 0 Å². The summed E-state index contributed by atoms with van der Waals surface area (Å²) in [6, 6.07) is 6.62. The minimum atomic E-state index is -0.321. The van der Waals surface area contributed by atoms with Crippen molar-refractivity contribution in [3.63, 3.8) is 0 Å². The van der Waals surface area contributed by atoms with Crippen molar-refractivity contribution in [3.8, 4) is 11.3 Å². The molecule has 3 nitrogen and oxygen atoms in total. The van der Waals surface area contributed by atoms with Crippen LogP contribution in [-0.4, -0.2) is 20.8 Å². The van der Waals surface area contributed by atoms with Gasteiger partial charge in [0.1, 0.15) is 11.6 Å². The second-order valence-corrected chi connectivity index (χ2v) is 4.36. The Morgan fingerprint density at radius 2 is 2.18 bits per heavy atom. The molecular weight excluding hydrogens is 219 g/mol. The lowest BCUT2D eigenvalue weighted by atomic mass is 10.1. The van der Waals surface area contributed by atoms with E-state index in [1.807, 2.05) is 10.8 Å². The standard InChI is InChI=1S/C13H13FN2O/c14-11-4-2-1-3-10(11)12-8-16-6-5-9(17)7-13(16)15-12/h1-4,8-9,17H,5-7H2. The molecule has 3 rings (SSSR count). The van der Waals surface area contributed by atoms with Gasteiger partial charge in [-0.3, -0.25) is 0 Å². The van der Waals surface area contributed by atoms with E-state index in [1.165, 1.54) is 6.07 Å². The molecule has 0 bridgehead atoms. The van der Waals surface area contributed by atoms with Gasteiger partial charge in [-0.05, 0) is 18.6 Å². The maximum atomic E-state index is 13.6. The van der Waals surface area contributed by atoms with Gasteiger partial charge in [0.25, 0.3) is 0 Å². The first-order chi connectivity index (χ1) is 8.24. The molecule has 1 aliphatic heterocycles. The number of imidazole rings is 1. The quantitative estimate of drug-likeness (QED) is 0.816. The number of aliphatic hydroxyl groups excluding tert-OH is 1. The minimum absolute atomic E-state index is 0.261. The highest BCUT2D eigenvalue weighted by Crippen LogP contribution is 2.24. The highest BCUT2D eigenvalue weighted by atomic mass is 19.1. The van der Waals surface area contributed by atoms with Crippen LogP contribution in [0.15, 0.2) is 30.5 Å². The van der Waals surface area contributed by atoms with Crippen LogP contribution in [0.25, 0.3) is 11.3 Å². The molecule has 1 unspecified atom stereocenters. The first kappa shape index (κ1) is 10.5. The van der Waals surface area contributed by atoms with Crippen molar-refractivity contribution in [2.45, 2.75) is 25.5 Å². The fourth-order valence-electron chi connectivity index (χ4n) is 2.21. The van der Waals surface area contributed by atoms with Gasteiger partial charge in [0.15, 0.2) is 0 Å². The number of nitrogens with zero attached hydrogens (tertiary/aromatic N) is 2. The van der Waals surface area contributed by atoms with E-state index in [9.17, 15) is 9.50 Å². The molecule has 17 heavy (non-hydrogen) atoms. The number of aliphatic hydroxyl groups is 1. The number of rotatable bonds is 1. The lowest BCUT2D eigenvalue weighted by Gasteiger charge is -2.18. The highest BCUT2D eigenvalue weighted by Gasteiger charge is 2.19. The number of halogens is 1. The lowest BCUT2D eigenvalue weighted by molar-refractivity contribution is 0.141. The van der Waals surface area contributed by atoms with Crippen molar-refractivity contribution in [2.75, 3.05) is 0 Å². The summed E-state index contributed by atoms with van der Waals surface area (Å²) >= 11 is 0. The Morgan fingerprint density at radius 3 is 3.00 bits per heavy atom. The fraction of sp³-hybridized carbons (Fsp3) is 0.308. The van der Waals surface area contributed by atoms with Gasteiger partial charge in [0, 0.05) is 24.7 Å². The van der Waals surface area contributed by atoms with E-state index in [4.69, 9.17) is 0 Å². The summed E-state index contributed by atoms with van der Waals surface area (Å²) in [5.41, 5.74) is 1.16. The number of aromatic nitrogens is 2. The molecule has 0 spiro atoms. The Balaban J connectivity index is 2.03. The monoisotopic (exact) mass is 232 g/mol. The Morgan fingerprint density at radius 1 is 1.35 bits per heavy atom. The van der Waals surface area contributed by atoms with Gasteiger partial charge in [-0.25, -0.2) is 9.37 Å². The lowest BCUT2D eigenvalue weighted by Crippen LogP contribution is -2.22. The summed E-state index contributed by atoms with van der Waals surface area (Å²) in [5.74, 6) is 0.575. The fourth-order valence-corrected chi connectivity index (χ4v) is 2.21. The molecule has 0 aliphatic carbocycles. The highest BCUT2D eigenvalue weighted by molar-refractivity contribution is 5.59. The van der Waals surface area contributed by atoms with Crippen molar-refractivity contribution in [1.29, 1.82) is 0 Å². The molecule has 0 saturated heterocycles. The van der Waals surface area contributed by atoms with E-state index < -0.39 is 0 Å². The third-order valence-corrected chi connectivity index (χ3v) is 3.13. The van der Waals surface area contributed by atoms with Gasteiger partial charge in [-0.15, -0.1) is 0 Å². The van der Waals surface area contributed by atoms with E-state index >= 15 is 0 Å². The van der Waals surface area contributed by atoms with Crippen LogP contribution in [0.4, 0.5) is 4.39 Å². The van der Waals surface area contributed by atoms with Crippen molar-refractivity contribution in [3.05, 3.63) is 42.1 Å². The number of fused-ring (bicyclic) bond motifs is 1. The molecule has 2 aromatic rings. The number of aryl methyl sites for hydroxylation is 1. The van der Waals surface area contributed by atoms with Crippen LogP contribution in [-0.2, 0) is 13.0 Å². The van der Waals surface area contributed by atoms with Gasteiger partial charge in [0.2, 0.25) is 0 Å². The molecule has 4 heteroatoms. The summed E-state index contributed by atoms with van der Waals surface area (Å²) in [6.07, 6.45) is 2.83. The second kappa shape index (κ2) is 3.96. The normalized spacial score (nSPS) is 19.1. The molecule has 1 N–H and O–H groups in total. The third kappa shape index (κ3) is 1.85. The van der Waals surface area contributed by atoms with Crippen LogP contribution < -0.4 is 0 Å². The first-order valence-electron chi connectivity index (χ1n) is 5.73. The summed E-state index contributed by atoms with van der Waals surface area (Å²) < 4.78 is 15.6. The first-order valence-corrected chi connectivity index (χ1v) is 5.73. The van der Waals surface area contributed by atoms with E-state index in [2.05, 4.69) is 4.98 Å². The Labute approximate surface area is 98.5 Å². The molecule has 0 amide bonds. The van der Waals surface area contributed by atoms with Crippen LogP contribution in [0.5, 0.6) is 0 Å². The van der Waals surface area contributed by atoms with E-state index in [0.29, 0.717) is 17.7 Å². The van der Waals surface area contributed by atoms with Crippen LogP contribution in [0.3, 0.4) is 0 Å². The molecule has 1 atom stereocenters. The second-order valence-electron chi connectivity index (χ2n) is 4.36. The van der Waals surface area contributed by atoms with Gasteiger partial charge in [-0.2, -0.15) is 0 Å². The van der Waals surface area contributed by atoms with Crippen molar-refractivity contribution < 1.29 is 9.50 Å². The largest absolute Gasteiger partial charge is 0.393 e. The molecule has 0 fully saturated rings. The summed E-state index contributed by atoms with van der Waals surface area (Å²) in [4.78, 5) is 4.40. The zero-order valence-corrected chi connectivity index (χ0v) is 9.31. The Bertz CT molecular complexity index is 550. The molecule has 1 aliphatic rings. The summed E-state index contributed by atoms with van der Waals surface area (Å²) in [6.45, 7) is 0.748. The SMILES string of the molecule is OC1CCn2cc(-c3ccccc3F)nc2C1. The topological polar surface area (TPSA) is 38.0 Å². The van der Waals surface area contributed by atoms with Gasteiger partial charge < -0.3 is 9.67 Å². The third-order valence-electron chi connectivity index (χ3n) is 3.13. The van der Waals surface area contributed by atoms with Crippen molar-refractivity contribution in [1.82, 2.24) is 9.55 Å². The average molecular weight is 232 g/mol.